The van der Waals surface area contributed by atoms with Crippen molar-refractivity contribution >= 4 is 6.08 Å². The molecule has 0 aliphatic heterocycles. The third-order valence-corrected chi connectivity index (χ3v) is 2.59. The average Bonchev–Trinajstić information content (AvgIpc) is 2.42. The number of terminal acetylenes is 1. The van der Waals surface area contributed by atoms with Gasteiger partial charge in [0.2, 0.25) is 0 Å². The van der Waals surface area contributed by atoms with Crippen molar-refractivity contribution in [1.29, 1.82) is 0 Å². The first-order chi connectivity index (χ1) is 9.56. The van der Waals surface area contributed by atoms with E-state index in [1.165, 1.54) is 6.92 Å². The molecule has 0 aliphatic rings. The summed E-state index contributed by atoms with van der Waals surface area (Å²) < 4.78 is 0. The fourth-order valence-electron chi connectivity index (χ4n) is 1.64. The van der Waals surface area contributed by atoms with Crippen LogP contribution in [0.5, 0.6) is 0 Å². The Hall–Kier alpha value is -2.80. The van der Waals surface area contributed by atoms with Crippen LogP contribution in [0.2, 0.25) is 0 Å². The molecule has 0 aromatic heterocycles. The second-order valence-corrected chi connectivity index (χ2v) is 4.03. The van der Waals surface area contributed by atoms with Crippen LogP contribution in [-0.2, 0) is 0 Å². The van der Waals surface area contributed by atoms with E-state index in [-0.39, 0.29) is 23.5 Å². The Balaban J connectivity index is 2.94. The van der Waals surface area contributed by atoms with Crippen molar-refractivity contribution in [2.75, 3.05) is 0 Å². The summed E-state index contributed by atoms with van der Waals surface area (Å²) >= 11 is 0. The molecule has 0 fully saturated rings. The number of aliphatic hydroxyl groups is 1. The minimum atomic E-state index is -0.592. The molecule has 20 heavy (non-hydrogen) atoms. The zero-order valence-electron chi connectivity index (χ0n) is 11.1. The molecule has 0 saturated carbocycles. The minimum absolute atomic E-state index is 0.110. The van der Waals surface area contributed by atoms with Gasteiger partial charge < -0.3 is 5.11 Å². The van der Waals surface area contributed by atoms with E-state index in [2.05, 4.69) is 5.92 Å². The van der Waals surface area contributed by atoms with E-state index in [4.69, 9.17) is 6.42 Å². The Bertz CT molecular complexity index is 600. The van der Waals surface area contributed by atoms with Gasteiger partial charge in [-0.3, -0.25) is 10.1 Å². The van der Waals surface area contributed by atoms with Crippen LogP contribution in [-0.4, -0.2) is 10.0 Å². The number of allylic oxidation sites excluding steroid dienone is 4. The number of hydrogen-bond acceptors (Lipinski definition) is 3. The molecular weight excluding hydrogens is 254 g/mol. The SMILES string of the molecule is C#C/C=C(\C(C/C=C/c1ccccc1)=C(/C)O)[N+](=O)[O-]. The molecule has 4 heteroatoms. The molecule has 0 amide bonds. The lowest BCUT2D eigenvalue weighted by Crippen LogP contribution is -2.04. The molecule has 1 aromatic rings. The molecule has 0 unspecified atom stereocenters. The van der Waals surface area contributed by atoms with Crippen LogP contribution >= 0.6 is 0 Å². The van der Waals surface area contributed by atoms with Crippen molar-refractivity contribution < 1.29 is 10.0 Å². The number of hydrogen-bond donors (Lipinski definition) is 1. The lowest BCUT2D eigenvalue weighted by atomic mass is 10.1. The summed E-state index contributed by atoms with van der Waals surface area (Å²) in [6.45, 7) is 1.40. The largest absolute Gasteiger partial charge is 0.512 e. The van der Waals surface area contributed by atoms with Crippen LogP contribution in [0.4, 0.5) is 0 Å². The van der Waals surface area contributed by atoms with Crippen LogP contribution < -0.4 is 0 Å². The highest BCUT2D eigenvalue weighted by atomic mass is 16.6. The summed E-state index contributed by atoms with van der Waals surface area (Å²) in [4.78, 5) is 10.3. The van der Waals surface area contributed by atoms with E-state index >= 15 is 0 Å². The van der Waals surface area contributed by atoms with Crippen LogP contribution in [0.15, 0.2) is 59.5 Å². The minimum Gasteiger partial charge on any atom is -0.512 e. The zero-order chi connectivity index (χ0) is 15.0. The first kappa shape index (κ1) is 15.3. The molecule has 0 radical (unpaired) electrons. The van der Waals surface area contributed by atoms with Gasteiger partial charge in [-0.25, -0.2) is 0 Å². The third kappa shape index (κ3) is 4.46. The molecule has 1 aromatic carbocycles. The first-order valence-electron chi connectivity index (χ1n) is 5.97. The van der Waals surface area contributed by atoms with E-state index in [0.29, 0.717) is 0 Å². The van der Waals surface area contributed by atoms with Crippen molar-refractivity contribution in [1.82, 2.24) is 0 Å². The molecule has 0 heterocycles. The molecule has 0 saturated heterocycles. The van der Waals surface area contributed by atoms with Gasteiger partial charge in [0, 0.05) is 6.42 Å². The lowest BCUT2D eigenvalue weighted by Gasteiger charge is -2.03. The summed E-state index contributed by atoms with van der Waals surface area (Å²) in [5.74, 6) is 2.01. The highest BCUT2D eigenvalue weighted by Gasteiger charge is 2.18. The topological polar surface area (TPSA) is 63.4 Å². The maximum atomic E-state index is 10.9. The monoisotopic (exact) mass is 269 g/mol. The van der Waals surface area contributed by atoms with Gasteiger partial charge in [-0.2, -0.15) is 0 Å². The maximum absolute atomic E-state index is 10.9. The lowest BCUT2D eigenvalue weighted by molar-refractivity contribution is -0.421. The normalized spacial score (nSPS) is 12.9. The van der Waals surface area contributed by atoms with Gasteiger partial charge in [0.05, 0.1) is 22.3 Å². The molecule has 4 nitrogen and oxygen atoms in total. The second kappa shape index (κ2) is 7.59. The summed E-state index contributed by atoms with van der Waals surface area (Å²) in [6.07, 6.45) is 9.92. The summed E-state index contributed by atoms with van der Waals surface area (Å²) in [7, 11) is 0. The van der Waals surface area contributed by atoms with E-state index in [0.717, 1.165) is 11.6 Å². The maximum Gasteiger partial charge on any atom is 0.284 e. The second-order valence-electron chi connectivity index (χ2n) is 4.03. The van der Waals surface area contributed by atoms with Crippen molar-refractivity contribution in [2.24, 2.45) is 0 Å². The first-order valence-corrected chi connectivity index (χ1v) is 5.97. The Morgan fingerprint density at radius 1 is 1.45 bits per heavy atom. The van der Waals surface area contributed by atoms with Crippen LogP contribution in [0.3, 0.4) is 0 Å². The van der Waals surface area contributed by atoms with Crippen LogP contribution in [0.1, 0.15) is 18.9 Å². The van der Waals surface area contributed by atoms with E-state index in [9.17, 15) is 15.2 Å². The van der Waals surface area contributed by atoms with E-state index < -0.39 is 4.92 Å². The molecule has 1 N–H and O–H groups in total. The van der Waals surface area contributed by atoms with Crippen molar-refractivity contribution in [3.8, 4) is 12.3 Å². The Kier molecular flexibility index (Phi) is 5.79. The smallest absolute Gasteiger partial charge is 0.284 e. The van der Waals surface area contributed by atoms with Gasteiger partial charge in [0.25, 0.3) is 5.70 Å². The van der Waals surface area contributed by atoms with Crippen molar-refractivity contribution in [2.45, 2.75) is 13.3 Å². The summed E-state index contributed by atoms with van der Waals surface area (Å²) in [6, 6.07) is 9.53. The third-order valence-electron chi connectivity index (χ3n) is 2.59. The number of rotatable bonds is 5. The number of nitro groups is 1. The van der Waals surface area contributed by atoms with Gasteiger partial charge in [-0.05, 0) is 12.5 Å². The summed E-state index contributed by atoms with van der Waals surface area (Å²) in [5.41, 5.74) is 0.927. The zero-order valence-corrected chi connectivity index (χ0v) is 11.1. The Morgan fingerprint density at radius 3 is 2.60 bits per heavy atom. The highest BCUT2D eigenvalue weighted by molar-refractivity contribution is 5.50. The van der Waals surface area contributed by atoms with Gasteiger partial charge in [-0.1, -0.05) is 48.4 Å². The highest BCUT2D eigenvalue weighted by Crippen LogP contribution is 2.19. The van der Waals surface area contributed by atoms with Crippen molar-refractivity contribution in [3.63, 3.8) is 0 Å². The summed E-state index contributed by atoms with van der Waals surface area (Å²) in [5, 5.41) is 20.5. The molecule has 1 rings (SSSR count). The van der Waals surface area contributed by atoms with Gasteiger partial charge in [-0.15, -0.1) is 6.42 Å². The molecular formula is C16H15NO3. The number of nitrogens with zero attached hydrogens (tertiary/aromatic N) is 1. The predicted molar refractivity (Wildman–Crippen MR) is 79.3 cm³/mol. The molecule has 102 valence electrons. The molecule has 0 aliphatic carbocycles. The van der Waals surface area contributed by atoms with Crippen LogP contribution in [0, 0.1) is 22.5 Å². The number of benzene rings is 1. The fourth-order valence-corrected chi connectivity index (χ4v) is 1.64. The molecule has 0 bridgehead atoms. The quantitative estimate of drug-likeness (QED) is 0.291. The average molecular weight is 269 g/mol. The fraction of sp³-hybridized carbons (Fsp3) is 0.125. The Labute approximate surface area is 117 Å². The Morgan fingerprint density at radius 2 is 2.10 bits per heavy atom. The van der Waals surface area contributed by atoms with Gasteiger partial charge in [0.1, 0.15) is 0 Å². The predicted octanol–water partition coefficient (Wildman–Crippen LogP) is 3.72. The molecule has 0 atom stereocenters. The number of aliphatic hydroxyl groups excluding tert-OH is 1. The van der Waals surface area contributed by atoms with Gasteiger partial charge >= 0.3 is 0 Å². The van der Waals surface area contributed by atoms with E-state index in [1.807, 2.05) is 36.4 Å². The van der Waals surface area contributed by atoms with Crippen LogP contribution in [0.25, 0.3) is 6.08 Å². The van der Waals surface area contributed by atoms with Gasteiger partial charge in [0.15, 0.2) is 0 Å². The molecule has 0 spiro atoms. The van der Waals surface area contributed by atoms with Crippen molar-refractivity contribution in [3.05, 3.63) is 75.2 Å². The standard InChI is InChI=1S/C16H15NO3/c1-3-8-16(17(19)20)15(13(2)18)12-7-11-14-9-5-4-6-10-14/h1,4-11,18H,12H2,2H3/b11-7+,15-13+,16-8+. The van der Waals surface area contributed by atoms with E-state index in [1.54, 1.807) is 6.08 Å².